The smallest absolute Gasteiger partial charge is 0.245 e. The third-order valence-electron chi connectivity index (χ3n) is 6.66. The lowest BCUT2D eigenvalue weighted by Crippen LogP contribution is -2.59. The molecule has 0 spiro atoms. The Balaban J connectivity index is -0.0000000624. The number of aryl methyl sites for hydroxylation is 4. The number of amides is 4. The van der Waals surface area contributed by atoms with Crippen LogP contribution in [0.25, 0.3) is 0 Å². The van der Waals surface area contributed by atoms with Crippen LogP contribution in [0, 0.1) is 27.7 Å². The van der Waals surface area contributed by atoms with Crippen LogP contribution >= 0.6 is 11.3 Å². The van der Waals surface area contributed by atoms with Crippen molar-refractivity contribution in [2.24, 2.45) is 9.98 Å². The molecule has 0 bridgehead atoms. The monoisotopic (exact) mass is 983 g/mol. The molecule has 0 aromatic carbocycles. The number of ether oxygens (including phenoxy) is 1. The molecule has 66 heavy (non-hydrogen) atoms. The van der Waals surface area contributed by atoms with Gasteiger partial charge >= 0.3 is 0 Å². The van der Waals surface area contributed by atoms with Gasteiger partial charge in [-0.1, -0.05) is 120 Å². The molecule has 0 radical (unpaired) electrons. The zero-order valence-corrected chi connectivity index (χ0v) is 40.2. The maximum atomic E-state index is 11.7. The Hall–Kier alpha value is -4.13. The van der Waals surface area contributed by atoms with Gasteiger partial charge < -0.3 is 19.4 Å². The summed E-state index contributed by atoms with van der Waals surface area (Å²) < 4.78 is 19.0. The fraction of sp³-hybridized carbons (Fsp3) is 0.708. The number of hydrogen-bond donors (Lipinski definition) is 0. The van der Waals surface area contributed by atoms with Gasteiger partial charge in [0.25, 0.3) is 0 Å². The van der Waals surface area contributed by atoms with Gasteiger partial charge in [0, 0.05) is 69.2 Å². The molecule has 16 nitrogen and oxygen atoms in total. The van der Waals surface area contributed by atoms with Gasteiger partial charge in [-0.15, -0.1) is 21.5 Å². The van der Waals surface area contributed by atoms with Crippen molar-refractivity contribution in [3.05, 3.63) is 39.6 Å². The summed E-state index contributed by atoms with van der Waals surface area (Å²) in [5.74, 6) is 0.260. The molecule has 1 aliphatic heterocycles. The second kappa shape index (κ2) is 60.9. The van der Waals surface area contributed by atoms with Gasteiger partial charge in [-0.3, -0.25) is 38.1 Å². The van der Waals surface area contributed by atoms with Gasteiger partial charge in [0.05, 0.1) is 39.9 Å². The van der Waals surface area contributed by atoms with Crippen molar-refractivity contribution in [1.29, 1.82) is 0 Å². The van der Waals surface area contributed by atoms with E-state index in [2.05, 4.69) is 47.9 Å². The first kappa shape index (κ1) is 88.6. The number of ketones is 1. The lowest BCUT2D eigenvalue weighted by atomic mass is 10.3. The predicted octanol–water partition coefficient (Wildman–Crippen LogP) is 11.3. The molecular formula is C48H102N8O8S2. The van der Waals surface area contributed by atoms with Crippen LogP contribution in [0.4, 0.5) is 0 Å². The highest BCUT2D eigenvalue weighted by molar-refractivity contribution is 7.80. The summed E-state index contributed by atoms with van der Waals surface area (Å²) in [6.07, 6.45) is 5.91. The second-order valence-electron chi connectivity index (χ2n) is 12.0. The SMILES string of the molecule is C.C.C.C.C.C.C.CCC.CCC(=O)C=NCC=NC(=O)CC.CCC(=O)N1CN(C(=O)CC)CN(C(=O)CC)C1.CCOC.CCS(=O)OC.Cc1cccc(C)n1.Cc1nnc(C)s1. The third kappa shape index (κ3) is 54.2. The maximum absolute atomic E-state index is 11.7. The lowest BCUT2D eigenvalue weighted by Gasteiger charge is -2.42. The van der Waals surface area contributed by atoms with Gasteiger partial charge in [-0.05, 0) is 46.8 Å². The number of hydrogen-bond acceptors (Lipinski definition) is 13. The Morgan fingerprint density at radius 2 is 1.03 bits per heavy atom. The van der Waals surface area contributed by atoms with E-state index in [4.69, 9.17) is 0 Å². The molecule has 2 aromatic heterocycles. The average Bonchev–Trinajstić information content (AvgIpc) is 3.64. The van der Waals surface area contributed by atoms with Crippen LogP contribution in [0.5, 0.6) is 0 Å². The van der Waals surface area contributed by atoms with Crippen molar-refractivity contribution >= 4 is 64.3 Å². The summed E-state index contributed by atoms with van der Waals surface area (Å²) in [7, 11) is 3.11. The van der Waals surface area contributed by atoms with Crippen LogP contribution in [-0.4, -0.2) is 129 Å². The van der Waals surface area contributed by atoms with E-state index in [0.29, 0.717) is 37.9 Å². The van der Waals surface area contributed by atoms with E-state index in [0.717, 1.165) is 28.0 Å². The molecule has 0 N–H and O–H groups in total. The topological polar surface area (TPSA) is 194 Å². The number of aromatic nitrogens is 3. The molecule has 4 amide bonds. The molecule has 0 aliphatic carbocycles. The predicted molar refractivity (Wildman–Crippen MR) is 288 cm³/mol. The van der Waals surface area contributed by atoms with E-state index in [-0.39, 0.29) is 108 Å². The number of Topliss-reactive ketones (excluding diaryl/α,β-unsaturated/α-hetero) is 1. The van der Waals surface area contributed by atoms with E-state index >= 15 is 0 Å². The van der Waals surface area contributed by atoms with Gasteiger partial charge in [0.1, 0.15) is 10.0 Å². The number of nitrogens with zero attached hydrogens (tertiary/aromatic N) is 8. The highest BCUT2D eigenvalue weighted by Gasteiger charge is 2.29. The van der Waals surface area contributed by atoms with Crippen molar-refractivity contribution in [1.82, 2.24) is 29.9 Å². The molecule has 1 saturated heterocycles. The molecule has 3 heterocycles. The van der Waals surface area contributed by atoms with Crippen molar-refractivity contribution in [3.63, 3.8) is 0 Å². The second-order valence-corrected chi connectivity index (χ2v) is 14.9. The van der Waals surface area contributed by atoms with Crippen molar-refractivity contribution in [2.45, 2.75) is 181 Å². The number of rotatable bonds is 11. The fourth-order valence-electron chi connectivity index (χ4n) is 3.62. The molecule has 3 rings (SSSR count). The molecular weight excluding hydrogens is 881 g/mol. The van der Waals surface area contributed by atoms with Crippen molar-refractivity contribution < 1.29 is 37.1 Å². The van der Waals surface area contributed by atoms with Gasteiger partial charge in [0.2, 0.25) is 23.6 Å². The van der Waals surface area contributed by atoms with Crippen molar-refractivity contribution in [2.75, 3.05) is 53.1 Å². The van der Waals surface area contributed by atoms with E-state index < -0.39 is 11.1 Å². The molecule has 394 valence electrons. The molecule has 0 saturated carbocycles. The highest BCUT2D eigenvalue weighted by atomic mass is 32.2. The van der Waals surface area contributed by atoms with Gasteiger partial charge in [0.15, 0.2) is 16.9 Å². The first-order chi connectivity index (χ1) is 27.9. The van der Waals surface area contributed by atoms with Crippen LogP contribution in [0.15, 0.2) is 28.2 Å². The Morgan fingerprint density at radius 3 is 1.23 bits per heavy atom. The van der Waals surface area contributed by atoms with Crippen LogP contribution in [-0.2, 0) is 44.0 Å². The molecule has 1 aliphatic rings. The zero-order chi connectivity index (χ0) is 46.2. The Kier molecular flexibility index (Phi) is 81.7. The molecule has 2 aromatic rings. The minimum atomic E-state index is -1.03. The minimum absolute atomic E-state index is 0. The van der Waals surface area contributed by atoms with E-state index in [1.54, 1.807) is 74.7 Å². The third-order valence-corrected chi connectivity index (χ3v) is 8.26. The van der Waals surface area contributed by atoms with Gasteiger partial charge in [-0.25, -0.2) is 9.20 Å². The van der Waals surface area contributed by atoms with Crippen LogP contribution in [0.2, 0.25) is 0 Å². The zero-order valence-electron chi connectivity index (χ0n) is 38.5. The number of carbonyl (C=O) groups is 5. The molecule has 1 fully saturated rings. The first-order valence-corrected chi connectivity index (χ1v) is 22.0. The lowest BCUT2D eigenvalue weighted by molar-refractivity contribution is -0.158. The van der Waals surface area contributed by atoms with Crippen molar-refractivity contribution in [3.8, 4) is 0 Å². The highest BCUT2D eigenvalue weighted by Crippen LogP contribution is 2.11. The summed E-state index contributed by atoms with van der Waals surface area (Å²) in [6, 6.07) is 6.00. The van der Waals surface area contributed by atoms with E-state index in [9.17, 15) is 28.2 Å². The number of pyridine rings is 1. The number of methoxy groups -OCH3 is 1. The fourth-order valence-corrected chi connectivity index (χ4v) is 4.44. The van der Waals surface area contributed by atoms with E-state index in [1.165, 1.54) is 26.0 Å². The molecule has 1 atom stereocenters. The van der Waals surface area contributed by atoms with Crippen LogP contribution in [0.3, 0.4) is 0 Å². The summed E-state index contributed by atoms with van der Waals surface area (Å²) in [6.45, 7) is 26.7. The molecule has 1 unspecified atom stereocenters. The Morgan fingerprint density at radius 1 is 0.667 bits per heavy atom. The largest absolute Gasteiger partial charge is 0.385 e. The average molecular weight is 984 g/mol. The Labute approximate surface area is 412 Å². The van der Waals surface area contributed by atoms with Gasteiger partial charge in [-0.2, -0.15) is 0 Å². The standard InChI is InChI=1S/C12H21N3O3.C9H14N2O2.C7H9N.C4H6N2S.C3H8O2S.C3H8O.C3H8.7CH4/c1-4-10(16)13-7-14(11(17)5-2)9-15(8-13)12(18)6-3;1-3-8(12)7-10-5-6-11-9(13)4-2;1-6-4-3-5-7(2)8-6;1-3-5-6-4(2)7-3;1-3-6(4)5-2;1-3-4-2;1-3-2;;;;;;;/h4-9H2,1-3H3;6-7H,3-5H2,1-2H3;3-5H,1-2H3;1-2H3;3H2,1-2H3;3H2,1-2H3;3H2,1-2H3;7*1H4. The van der Waals surface area contributed by atoms with Crippen LogP contribution < -0.4 is 0 Å². The number of carbonyl (C=O) groups excluding carboxylic acids is 5. The summed E-state index contributed by atoms with van der Waals surface area (Å²) >= 11 is 0.586. The quantitative estimate of drug-likeness (QED) is 0.194. The maximum Gasteiger partial charge on any atom is 0.245 e. The Bertz CT molecular complexity index is 1380. The van der Waals surface area contributed by atoms with Crippen LogP contribution in [0.1, 0.15) is 174 Å². The summed E-state index contributed by atoms with van der Waals surface area (Å²) in [4.78, 5) is 72.7. The normalized spacial score (nSPS) is 10.7. The minimum Gasteiger partial charge on any atom is -0.385 e. The summed E-state index contributed by atoms with van der Waals surface area (Å²) in [5, 5.41) is 9.65. The molecule has 18 heteroatoms. The first-order valence-electron chi connectivity index (χ1n) is 19.9. The van der Waals surface area contributed by atoms with E-state index in [1.807, 2.05) is 52.8 Å². The number of aliphatic imine (C=N–C) groups is 2. The summed E-state index contributed by atoms with van der Waals surface area (Å²) in [5.41, 5.74) is 2.18.